The van der Waals surface area contributed by atoms with E-state index in [-0.39, 0.29) is 17.4 Å². The van der Waals surface area contributed by atoms with Crippen LogP contribution in [0.15, 0.2) is 53.3 Å². The molecule has 6 nitrogen and oxygen atoms in total. The van der Waals surface area contributed by atoms with Crippen LogP contribution < -0.4 is 10.9 Å². The monoisotopic (exact) mass is 407 g/mol. The predicted octanol–water partition coefficient (Wildman–Crippen LogP) is 3.28. The van der Waals surface area contributed by atoms with E-state index in [0.29, 0.717) is 27.7 Å². The first kappa shape index (κ1) is 19.3. The molecule has 0 aliphatic carbocycles. The van der Waals surface area contributed by atoms with E-state index >= 15 is 0 Å². The second-order valence-corrected chi connectivity index (χ2v) is 8.21. The molecule has 1 fully saturated rings. The van der Waals surface area contributed by atoms with Crippen LogP contribution in [0, 0.1) is 6.92 Å². The number of hydrogen-bond donors (Lipinski definition) is 2. The van der Waals surface area contributed by atoms with Gasteiger partial charge in [0, 0.05) is 52.8 Å². The number of carbonyl (C=O) groups is 2. The second kappa shape index (κ2) is 8.13. The SMILES string of the molecule is Cc1cc(C(=O)N2CCSCC2)ccc1NC(=O)c1cc(=O)[nH]c2ccccc12. The van der Waals surface area contributed by atoms with Gasteiger partial charge in [-0.1, -0.05) is 18.2 Å². The number of thioether (sulfide) groups is 1. The summed E-state index contributed by atoms with van der Waals surface area (Å²) in [6, 6.07) is 13.8. The van der Waals surface area contributed by atoms with E-state index in [1.54, 1.807) is 36.4 Å². The van der Waals surface area contributed by atoms with Gasteiger partial charge in [0.2, 0.25) is 5.56 Å². The summed E-state index contributed by atoms with van der Waals surface area (Å²) in [5.74, 6) is 1.58. The average Bonchev–Trinajstić information content (AvgIpc) is 2.74. The van der Waals surface area contributed by atoms with Gasteiger partial charge in [0.1, 0.15) is 0 Å². The number of anilines is 1. The molecule has 148 valence electrons. The average molecular weight is 407 g/mol. The highest BCUT2D eigenvalue weighted by molar-refractivity contribution is 7.99. The zero-order chi connectivity index (χ0) is 20.4. The Kier molecular flexibility index (Phi) is 5.40. The Balaban J connectivity index is 1.58. The summed E-state index contributed by atoms with van der Waals surface area (Å²) in [7, 11) is 0. The lowest BCUT2D eigenvalue weighted by Crippen LogP contribution is -2.37. The topological polar surface area (TPSA) is 82.3 Å². The fourth-order valence-electron chi connectivity index (χ4n) is 3.47. The van der Waals surface area contributed by atoms with Crippen LogP contribution in [0.25, 0.3) is 10.9 Å². The molecule has 4 rings (SSSR count). The number of hydrogen-bond acceptors (Lipinski definition) is 4. The number of carbonyl (C=O) groups excluding carboxylic acids is 2. The number of nitrogens with zero attached hydrogens (tertiary/aromatic N) is 1. The Morgan fingerprint density at radius 1 is 1.07 bits per heavy atom. The number of fused-ring (bicyclic) bond motifs is 1. The molecule has 3 aromatic rings. The summed E-state index contributed by atoms with van der Waals surface area (Å²) >= 11 is 1.86. The highest BCUT2D eigenvalue weighted by Crippen LogP contribution is 2.21. The zero-order valence-corrected chi connectivity index (χ0v) is 16.8. The van der Waals surface area contributed by atoms with E-state index in [9.17, 15) is 14.4 Å². The maximum Gasteiger partial charge on any atom is 0.256 e. The lowest BCUT2D eigenvalue weighted by molar-refractivity contribution is 0.0772. The molecule has 0 unspecified atom stereocenters. The number of aryl methyl sites for hydroxylation is 1. The van der Waals surface area contributed by atoms with Crippen LogP contribution in [0.5, 0.6) is 0 Å². The van der Waals surface area contributed by atoms with Crippen LogP contribution in [-0.2, 0) is 0 Å². The number of aromatic amines is 1. The minimum Gasteiger partial charge on any atom is -0.337 e. The number of pyridine rings is 1. The van der Waals surface area contributed by atoms with Crippen molar-refractivity contribution in [3.63, 3.8) is 0 Å². The van der Waals surface area contributed by atoms with E-state index in [2.05, 4.69) is 10.3 Å². The van der Waals surface area contributed by atoms with Gasteiger partial charge in [0.15, 0.2) is 0 Å². The standard InChI is InChI=1S/C22H21N3O3S/c1-14-12-15(22(28)25-8-10-29-11-9-25)6-7-18(14)24-21(27)17-13-20(26)23-19-5-3-2-4-16(17)19/h2-7,12-13H,8-11H2,1H3,(H,23,26)(H,24,27). The number of nitrogens with one attached hydrogen (secondary N) is 2. The van der Waals surface area contributed by atoms with Gasteiger partial charge in [-0.2, -0.15) is 11.8 Å². The van der Waals surface area contributed by atoms with E-state index in [0.717, 1.165) is 30.2 Å². The molecule has 2 aromatic carbocycles. The smallest absolute Gasteiger partial charge is 0.256 e. The summed E-state index contributed by atoms with van der Waals surface area (Å²) in [5, 5.41) is 3.55. The Morgan fingerprint density at radius 3 is 2.59 bits per heavy atom. The highest BCUT2D eigenvalue weighted by Gasteiger charge is 2.19. The van der Waals surface area contributed by atoms with Gasteiger partial charge < -0.3 is 15.2 Å². The number of H-pyrrole nitrogens is 1. The van der Waals surface area contributed by atoms with Crippen LogP contribution in [-0.4, -0.2) is 46.3 Å². The number of rotatable bonds is 3. The van der Waals surface area contributed by atoms with Crippen molar-refractivity contribution in [1.29, 1.82) is 0 Å². The van der Waals surface area contributed by atoms with Crippen molar-refractivity contribution in [3.05, 3.63) is 75.6 Å². The largest absolute Gasteiger partial charge is 0.337 e. The van der Waals surface area contributed by atoms with Crippen LogP contribution in [0.1, 0.15) is 26.3 Å². The van der Waals surface area contributed by atoms with Crippen molar-refractivity contribution in [1.82, 2.24) is 9.88 Å². The predicted molar refractivity (Wildman–Crippen MR) is 117 cm³/mol. The third kappa shape index (κ3) is 4.05. The summed E-state index contributed by atoms with van der Waals surface area (Å²) in [5.41, 5.74) is 2.63. The molecule has 0 bridgehead atoms. The van der Waals surface area contributed by atoms with Crippen LogP contribution in [0.3, 0.4) is 0 Å². The fraction of sp³-hybridized carbons (Fsp3) is 0.227. The molecule has 0 spiro atoms. The maximum atomic E-state index is 12.9. The number of aromatic nitrogens is 1. The Morgan fingerprint density at radius 2 is 1.83 bits per heavy atom. The maximum absolute atomic E-state index is 12.9. The molecule has 1 saturated heterocycles. The van der Waals surface area contributed by atoms with Crippen molar-refractivity contribution in [2.45, 2.75) is 6.92 Å². The van der Waals surface area contributed by atoms with E-state index in [1.807, 2.05) is 29.7 Å². The van der Waals surface area contributed by atoms with E-state index in [1.165, 1.54) is 6.07 Å². The van der Waals surface area contributed by atoms with Crippen molar-refractivity contribution in [3.8, 4) is 0 Å². The highest BCUT2D eigenvalue weighted by atomic mass is 32.2. The normalized spacial score (nSPS) is 14.0. The lowest BCUT2D eigenvalue weighted by atomic mass is 10.1. The molecular formula is C22H21N3O3S. The van der Waals surface area contributed by atoms with Crippen molar-refractivity contribution in [2.24, 2.45) is 0 Å². The van der Waals surface area contributed by atoms with Crippen molar-refractivity contribution >= 4 is 40.2 Å². The molecule has 1 aromatic heterocycles. The summed E-state index contributed by atoms with van der Waals surface area (Å²) in [6.07, 6.45) is 0. The van der Waals surface area contributed by atoms with Crippen molar-refractivity contribution in [2.75, 3.05) is 29.9 Å². The summed E-state index contributed by atoms with van der Waals surface area (Å²) in [6.45, 7) is 3.38. The first-order chi connectivity index (χ1) is 14.0. The van der Waals surface area contributed by atoms with E-state index in [4.69, 9.17) is 0 Å². The van der Waals surface area contributed by atoms with Crippen LogP contribution in [0.2, 0.25) is 0 Å². The number of amides is 2. The quantitative estimate of drug-likeness (QED) is 0.698. The van der Waals surface area contributed by atoms with Gasteiger partial charge >= 0.3 is 0 Å². The molecule has 2 heterocycles. The second-order valence-electron chi connectivity index (χ2n) is 6.98. The molecule has 0 saturated carbocycles. The molecule has 1 aliphatic rings. The third-order valence-electron chi connectivity index (χ3n) is 5.02. The minimum atomic E-state index is -0.359. The fourth-order valence-corrected chi connectivity index (χ4v) is 4.37. The zero-order valence-electron chi connectivity index (χ0n) is 16.0. The van der Waals surface area contributed by atoms with Gasteiger partial charge in [-0.15, -0.1) is 0 Å². The van der Waals surface area contributed by atoms with E-state index < -0.39 is 0 Å². The molecule has 29 heavy (non-hydrogen) atoms. The van der Waals surface area contributed by atoms with Crippen molar-refractivity contribution < 1.29 is 9.59 Å². The molecular weight excluding hydrogens is 386 g/mol. The minimum absolute atomic E-state index is 0.0202. The van der Waals surface area contributed by atoms with Gasteiger partial charge in [-0.25, -0.2) is 0 Å². The van der Waals surface area contributed by atoms with Crippen LogP contribution >= 0.6 is 11.8 Å². The number of para-hydroxylation sites is 1. The molecule has 2 amide bonds. The number of benzene rings is 2. The van der Waals surface area contributed by atoms with Gasteiger partial charge in [-0.3, -0.25) is 14.4 Å². The first-order valence-electron chi connectivity index (χ1n) is 9.44. The summed E-state index contributed by atoms with van der Waals surface area (Å²) in [4.78, 5) is 42.1. The Hall–Kier alpha value is -3.06. The summed E-state index contributed by atoms with van der Waals surface area (Å²) < 4.78 is 0. The first-order valence-corrected chi connectivity index (χ1v) is 10.6. The lowest BCUT2D eigenvalue weighted by Gasteiger charge is -2.26. The molecule has 7 heteroatoms. The van der Waals surface area contributed by atoms with Gasteiger partial charge in [0.25, 0.3) is 11.8 Å². The molecule has 2 N–H and O–H groups in total. The molecule has 1 aliphatic heterocycles. The van der Waals surface area contributed by atoms with Gasteiger partial charge in [0.05, 0.1) is 5.56 Å². The Labute approximate surface area is 172 Å². The van der Waals surface area contributed by atoms with Gasteiger partial charge in [-0.05, 0) is 36.8 Å². The van der Waals surface area contributed by atoms with Crippen LogP contribution in [0.4, 0.5) is 5.69 Å². The molecule has 0 radical (unpaired) electrons. The Bertz CT molecular complexity index is 1150. The third-order valence-corrected chi connectivity index (χ3v) is 5.96. The molecule has 0 atom stereocenters.